The van der Waals surface area contributed by atoms with Crippen molar-refractivity contribution in [3.8, 4) is 0 Å². The van der Waals surface area contributed by atoms with Crippen LogP contribution in [0.2, 0.25) is 0 Å². The first-order chi connectivity index (χ1) is 11.5. The predicted molar refractivity (Wildman–Crippen MR) is 96.3 cm³/mol. The Hall–Kier alpha value is -1.92. The number of hydrogen-bond donors (Lipinski definition) is 1. The van der Waals surface area contributed by atoms with Crippen molar-refractivity contribution in [2.24, 2.45) is 5.92 Å². The molecule has 24 heavy (non-hydrogen) atoms. The average Bonchev–Trinajstić information content (AvgIpc) is 2.62. The van der Waals surface area contributed by atoms with E-state index < -0.39 is 10.0 Å². The maximum atomic E-state index is 12.6. The molecule has 1 saturated heterocycles. The minimum atomic E-state index is -3.24. The molecule has 0 bridgehead atoms. The van der Waals surface area contributed by atoms with E-state index >= 15 is 0 Å². The molecule has 1 amide bonds. The van der Waals surface area contributed by atoms with E-state index in [2.05, 4.69) is 5.32 Å². The lowest BCUT2D eigenvalue weighted by atomic mass is 9.98. The van der Waals surface area contributed by atoms with E-state index in [4.69, 9.17) is 0 Å². The van der Waals surface area contributed by atoms with Crippen molar-refractivity contribution in [3.05, 3.63) is 42.5 Å². The largest absolute Gasteiger partial charge is 0.325 e. The zero-order chi connectivity index (χ0) is 17.2. The molecule has 0 unspecified atom stereocenters. The first-order valence-electron chi connectivity index (χ1n) is 8.27. The molecule has 6 heteroatoms. The van der Waals surface area contributed by atoms with Crippen LogP contribution in [-0.4, -0.2) is 37.5 Å². The second-order valence-corrected chi connectivity index (χ2v) is 8.37. The topological polar surface area (TPSA) is 66.5 Å². The molecule has 2 aromatic rings. The molecule has 1 aliphatic heterocycles. The Labute approximate surface area is 142 Å². The highest BCUT2D eigenvalue weighted by Gasteiger charge is 2.31. The number of rotatable bonds is 4. The molecule has 2 aromatic carbocycles. The minimum Gasteiger partial charge on any atom is -0.325 e. The molecule has 1 N–H and O–H groups in total. The van der Waals surface area contributed by atoms with Crippen LogP contribution in [0.1, 0.15) is 19.8 Å². The van der Waals surface area contributed by atoms with E-state index in [9.17, 15) is 13.2 Å². The first kappa shape index (κ1) is 16.9. The third-order valence-electron chi connectivity index (χ3n) is 4.56. The van der Waals surface area contributed by atoms with Gasteiger partial charge >= 0.3 is 0 Å². The molecular weight excluding hydrogens is 324 g/mol. The van der Waals surface area contributed by atoms with Gasteiger partial charge in [-0.15, -0.1) is 0 Å². The van der Waals surface area contributed by atoms with Crippen molar-refractivity contribution in [1.29, 1.82) is 0 Å². The molecule has 1 heterocycles. The first-order valence-corrected chi connectivity index (χ1v) is 9.88. The number of hydrogen-bond acceptors (Lipinski definition) is 3. The fourth-order valence-corrected chi connectivity index (χ4v) is 4.34. The standard InChI is InChI=1S/C18H22N2O3S/c1-2-24(22,23)20-12-6-9-15(13-20)18(21)19-17-11-5-8-14-7-3-4-10-16(14)17/h3-5,7-8,10-11,15H,2,6,9,12-13H2,1H3,(H,19,21)/t15-/m1/s1. The SMILES string of the molecule is CCS(=O)(=O)N1CCC[C@@H](C(=O)Nc2cccc3ccccc23)C1. The lowest BCUT2D eigenvalue weighted by Crippen LogP contribution is -2.44. The van der Waals surface area contributed by atoms with Gasteiger partial charge in [0.25, 0.3) is 0 Å². The smallest absolute Gasteiger partial charge is 0.228 e. The van der Waals surface area contributed by atoms with Crippen molar-refractivity contribution in [1.82, 2.24) is 4.31 Å². The van der Waals surface area contributed by atoms with Crippen LogP contribution in [0.5, 0.6) is 0 Å². The van der Waals surface area contributed by atoms with Gasteiger partial charge in [0.15, 0.2) is 0 Å². The normalized spacial score (nSPS) is 19.3. The second kappa shape index (κ2) is 6.91. The molecule has 3 rings (SSSR count). The van der Waals surface area contributed by atoms with Crippen LogP contribution in [0.15, 0.2) is 42.5 Å². The second-order valence-electron chi connectivity index (χ2n) is 6.11. The van der Waals surface area contributed by atoms with Gasteiger partial charge in [0.05, 0.1) is 11.7 Å². The van der Waals surface area contributed by atoms with Gasteiger partial charge in [0.2, 0.25) is 15.9 Å². The molecular formula is C18H22N2O3S. The summed E-state index contributed by atoms with van der Waals surface area (Å²) in [6.45, 7) is 2.41. The zero-order valence-corrected chi connectivity index (χ0v) is 14.6. The summed E-state index contributed by atoms with van der Waals surface area (Å²) in [7, 11) is -3.24. The summed E-state index contributed by atoms with van der Waals surface area (Å²) in [5.41, 5.74) is 0.772. The summed E-state index contributed by atoms with van der Waals surface area (Å²) < 4.78 is 25.5. The Bertz CT molecular complexity index is 843. The van der Waals surface area contributed by atoms with Crippen LogP contribution >= 0.6 is 0 Å². The summed E-state index contributed by atoms with van der Waals surface area (Å²) in [5.74, 6) is -0.341. The molecule has 5 nitrogen and oxygen atoms in total. The number of anilines is 1. The highest BCUT2D eigenvalue weighted by atomic mass is 32.2. The number of amides is 1. The van der Waals surface area contributed by atoms with Crippen molar-refractivity contribution in [2.75, 3.05) is 24.2 Å². The Morgan fingerprint density at radius 3 is 2.75 bits per heavy atom. The fraction of sp³-hybridized carbons (Fsp3) is 0.389. The molecule has 0 spiro atoms. The van der Waals surface area contributed by atoms with Crippen LogP contribution in [-0.2, 0) is 14.8 Å². The number of carbonyl (C=O) groups is 1. The summed E-state index contributed by atoms with van der Waals surface area (Å²) in [4.78, 5) is 12.6. The summed E-state index contributed by atoms with van der Waals surface area (Å²) in [6, 6.07) is 13.7. The van der Waals surface area contributed by atoms with Gasteiger partial charge in [0, 0.05) is 24.2 Å². The van der Waals surface area contributed by atoms with Crippen LogP contribution in [0.3, 0.4) is 0 Å². The van der Waals surface area contributed by atoms with Crippen LogP contribution in [0, 0.1) is 5.92 Å². The van der Waals surface area contributed by atoms with Crippen LogP contribution in [0.25, 0.3) is 10.8 Å². The monoisotopic (exact) mass is 346 g/mol. The van der Waals surface area contributed by atoms with Crippen LogP contribution < -0.4 is 5.32 Å². The van der Waals surface area contributed by atoms with Gasteiger partial charge in [-0.05, 0) is 31.2 Å². The van der Waals surface area contributed by atoms with E-state index in [0.717, 1.165) is 16.5 Å². The third kappa shape index (κ3) is 3.44. The van der Waals surface area contributed by atoms with Crippen molar-refractivity contribution >= 4 is 32.4 Å². The molecule has 1 aliphatic rings. The zero-order valence-electron chi connectivity index (χ0n) is 13.7. The minimum absolute atomic E-state index is 0.0741. The maximum absolute atomic E-state index is 12.6. The van der Waals surface area contributed by atoms with E-state index in [1.807, 2.05) is 42.5 Å². The van der Waals surface area contributed by atoms with Gasteiger partial charge in [-0.2, -0.15) is 0 Å². The summed E-state index contributed by atoms with van der Waals surface area (Å²) >= 11 is 0. The van der Waals surface area contributed by atoms with Gasteiger partial charge in [-0.25, -0.2) is 12.7 Å². The molecule has 0 saturated carbocycles. The van der Waals surface area contributed by atoms with E-state index in [1.165, 1.54) is 4.31 Å². The summed E-state index contributed by atoms with van der Waals surface area (Å²) in [6.07, 6.45) is 1.43. The van der Waals surface area contributed by atoms with E-state index in [1.54, 1.807) is 6.92 Å². The number of nitrogens with zero attached hydrogens (tertiary/aromatic N) is 1. The van der Waals surface area contributed by atoms with Crippen molar-refractivity contribution in [3.63, 3.8) is 0 Å². The third-order valence-corrected chi connectivity index (χ3v) is 6.41. The van der Waals surface area contributed by atoms with E-state index in [-0.39, 0.29) is 24.1 Å². The van der Waals surface area contributed by atoms with Gasteiger partial charge in [0.1, 0.15) is 0 Å². The number of piperidine rings is 1. The van der Waals surface area contributed by atoms with Gasteiger partial charge in [-0.3, -0.25) is 4.79 Å². The summed E-state index contributed by atoms with van der Waals surface area (Å²) in [5, 5.41) is 5.04. The lowest BCUT2D eigenvalue weighted by Gasteiger charge is -2.31. The molecule has 1 fully saturated rings. The average molecular weight is 346 g/mol. The highest BCUT2D eigenvalue weighted by molar-refractivity contribution is 7.89. The fourth-order valence-electron chi connectivity index (χ4n) is 3.16. The quantitative estimate of drug-likeness (QED) is 0.926. The van der Waals surface area contributed by atoms with Crippen LogP contribution in [0.4, 0.5) is 5.69 Å². The van der Waals surface area contributed by atoms with Crippen molar-refractivity contribution in [2.45, 2.75) is 19.8 Å². The Morgan fingerprint density at radius 1 is 1.21 bits per heavy atom. The highest BCUT2D eigenvalue weighted by Crippen LogP contribution is 2.25. The maximum Gasteiger partial charge on any atom is 0.228 e. The molecule has 0 aromatic heterocycles. The van der Waals surface area contributed by atoms with Gasteiger partial charge in [-0.1, -0.05) is 36.4 Å². The number of benzene rings is 2. The number of fused-ring (bicyclic) bond motifs is 1. The molecule has 0 aliphatic carbocycles. The lowest BCUT2D eigenvalue weighted by molar-refractivity contribution is -0.120. The number of nitrogens with one attached hydrogen (secondary N) is 1. The van der Waals surface area contributed by atoms with E-state index in [0.29, 0.717) is 19.4 Å². The van der Waals surface area contributed by atoms with Gasteiger partial charge < -0.3 is 5.32 Å². The molecule has 0 radical (unpaired) electrons. The molecule has 1 atom stereocenters. The Kier molecular flexibility index (Phi) is 4.87. The Balaban J connectivity index is 1.77. The Morgan fingerprint density at radius 2 is 1.96 bits per heavy atom. The molecule has 128 valence electrons. The van der Waals surface area contributed by atoms with Crippen molar-refractivity contribution < 1.29 is 13.2 Å². The number of sulfonamides is 1. The predicted octanol–water partition coefficient (Wildman–Crippen LogP) is 2.84. The number of carbonyl (C=O) groups excluding carboxylic acids is 1.